The van der Waals surface area contributed by atoms with Gasteiger partial charge in [-0.15, -0.1) is 0 Å². The normalized spacial score (nSPS) is 20.9. The minimum Gasteiger partial charge on any atom is -0.484 e. The van der Waals surface area contributed by atoms with Gasteiger partial charge >= 0.3 is 6.03 Å². The maximum absolute atomic E-state index is 12.3. The van der Waals surface area contributed by atoms with Gasteiger partial charge in [0.1, 0.15) is 5.75 Å². The Balaban J connectivity index is 1.45. The van der Waals surface area contributed by atoms with E-state index in [2.05, 4.69) is 17.6 Å². The van der Waals surface area contributed by atoms with Gasteiger partial charge in [0.05, 0.1) is 6.04 Å². The fourth-order valence-corrected chi connectivity index (χ4v) is 2.98. The van der Waals surface area contributed by atoms with Crippen molar-refractivity contribution in [3.63, 3.8) is 0 Å². The summed E-state index contributed by atoms with van der Waals surface area (Å²) in [6.07, 6.45) is 3.21. The molecule has 1 aliphatic heterocycles. The van der Waals surface area contributed by atoms with Crippen molar-refractivity contribution in [2.75, 3.05) is 19.7 Å². The van der Waals surface area contributed by atoms with Crippen molar-refractivity contribution in [3.05, 3.63) is 29.8 Å². The molecule has 6 nitrogen and oxygen atoms in total. The Bertz CT molecular complexity index is 613. The minimum absolute atomic E-state index is 0.00563. The molecule has 3 amide bonds. The van der Waals surface area contributed by atoms with E-state index < -0.39 is 0 Å². The van der Waals surface area contributed by atoms with Gasteiger partial charge in [0, 0.05) is 19.1 Å². The molecule has 3 rings (SSSR count). The summed E-state index contributed by atoms with van der Waals surface area (Å²) in [4.78, 5) is 25.8. The Morgan fingerprint density at radius 3 is 2.56 bits per heavy atom. The van der Waals surface area contributed by atoms with E-state index in [-0.39, 0.29) is 24.6 Å². The van der Waals surface area contributed by atoms with E-state index >= 15 is 0 Å². The van der Waals surface area contributed by atoms with E-state index in [0.717, 1.165) is 37.9 Å². The summed E-state index contributed by atoms with van der Waals surface area (Å²) in [5.74, 6) is 1.16. The first kappa shape index (κ1) is 17.6. The fraction of sp³-hybridized carbons (Fsp3) is 0.579. The lowest BCUT2D eigenvalue weighted by molar-refractivity contribution is -0.123. The molecule has 2 fully saturated rings. The van der Waals surface area contributed by atoms with Crippen LogP contribution in [0.1, 0.15) is 44.7 Å². The van der Waals surface area contributed by atoms with Crippen molar-refractivity contribution >= 4 is 11.9 Å². The third-order valence-electron chi connectivity index (χ3n) is 4.74. The zero-order valence-corrected chi connectivity index (χ0v) is 15.0. The summed E-state index contributed by atoms with van der Waals surface area (Å²) in [5, 5.41) is 5.93. The van der Waals surface area contributed by atoms with Crippen LogP contribution in [-0.4, -0.2) is 42.6 Å². The molecule has 1 saturated carbocycles. The average molecular weight is 345 g/mol. The Kier molecular flexibility index (Phi) is 5.46. The Labute approximate surface area is 148 Å². The molecule has 136 valence electrons. The number of benzene rings is 1. The molecule has 1 heterocycles. The molecule has 6 heteroatoms. The van der Waals surface area contributed by atoms with Crippen molar-refractivity contribution in [2.45, 2.75) is 45.2 Å². The van der Waals surface area contributed by atoms with Crippen LogP contribution in [0.3, 0.4) is 0 Å². The van der Waals surface area contributed by atoms with Crippen LogP contribution in [0.25, 0.3) is 0 Å². The lowest BCUT2D eigenvalue weighted by atomic mass is 10.1. The summed E-state index contributed by atoms with van der Waals surface area (Å²) >= 11 is 0. The van der Waals surface area contributed by atoms with Gasteiger partial charge in [0.25, 0.3) is 5.91 Å². The van der Waals surface area contributed by atoms with Crippen molar-refractivity contribution in [1.29, 1.82) is 0 Å². The fourth-order valence-electron chi connectivity index (χ4n) is 2.98. The van der Waals surface area contributed by atoms with Crippen LogP contribution in [0.2, 0.25) is 0 Å². The number of nitrogens with zero attached hydrogens (tertiary/aromatic N) is 1. The van der Waals surface area contributed by atoms with Crippen LogP contribution in [-0.2, 0) is 4.79 Å². The van der Waals surface area contributed by atoms with Gasteiger partial charge in [0.2, 0.25) is 0 Å². The van der Waals surface area contributed by atoms with Crippen LogP contribution >= 0.6 is 0 Å². The molecule has 0 radical (unpaired) electrons. The molecule has 1 aromatic rings. The zero-order chi connectivity index (χ0) is 17.8. The smallest absolute Gasteiger partial charge is 0.317 e. The topological polar surface area (TPSA) is 70.7 Å². The molecule has 25 heavy (non-hydrogen) atoms. The van der Waals surface area contributed by atoms with Crippen molar-refractivity contribution < 1.29 is 14.3 Å². The molecule has 2 aliphatic rings. The van der Waals surface area contributed by atoms with Crippen LogP contribution in [0.4, 0.5) is 4.79 Å². The Morgan fingerprint density at radius 2 is 1.96 bits per heavy atom. The number of nitrogens with one attached hydrogen (secondary N) is 2. The maximum Gasteiger partial charge on any atom is 0.317 e. The number of hydrogen-bond donors (Lipinski definition) is 2. The van der Waals surface area contributed by atoms with Gasteiger partial charge < -0.3 is 20.3 Å². The second-order valence-corrected chi connectivity index (χ2v) is 7.21. The molecule has 1 saturated heterocycles. The van der Waals surface area contributed by atoms with Crippen molar-refractivity contribution in [1.82, 2.24) is 15.5 Å². The Morgan fingerprint density at radius 1 is 1.24 bits per heavy atom. The van der Waals surface area contributed by atoms with Gasteiger partial charge in [-0.1, -0.05) is 19.1 Å². The standard InChI is InChI=1S/C19H27N3O3/c1-13-9-10-22(11-13)19(24)20-14(2)15-3-7-17(8-4-15)25-12-18(23)21-16-5-6-16/h3-4,7-8,13-14,16H,5-6,9-12H2,1-2H3,(H,20,24)(H,21,23)/t13-,14+/m0/s1. The quantitative estimate of drug-likeness (QED) is 0.832. The minimum atomic E-state index is -0.0768. The molecule has 2 atom stereocenters. The summed E-state index contributed by atoms with van der Waals surface area (Å²) in [7, 11) is 0. The predicted molar refractivity (Wildman–Crippen MR) is 95.4 cm³/mol. The number of ether oxygens (including phenoxy) is 1. The second kappa shape index (κ2) is 7.76. The first-order valence-corrected chi connectivity index (χ1v) is 9.09. The number of amides is 3. The van der Waals surface area contributed by atoms with Gasteiger partial charge in [-0.2, -0.15) is 0 Å². The number of hydrogen-bond acceptors (Lipinski definition) is 3. The average Bonchev–Trinajstić information content (AvgIpc) is 3.30. The first-order chi connectivity index (χ1) is 12.0. The predicted octanol–water partition coefficient (Wildman–Crippen LogP) is 2.46. The molecule has 2 N–H and O–H groups in total. The van der Waals surface area contributed by atoms with E-state index in [1.165, 1.54) is 0 Å². The van der Waals surface area contributed by atoms with Crippen LogP contribution in [0.15, 0.2) is 24.3 Å². The van der Waals surface area contributed by atoms with E-state index in [1.807, 2.05) is 36.1 Å². The van der Waals surface area contributed by atoms with Crippen LogP contribution in [0, 0.1) is 5.92 Å². The van der Waals surface area contributed by atoms with E-state index in [1.54, 1.807) is 0 Å². The third-order valence-corrected chi connectivity index (χ3v) is 4.74. The lowest BCUT2D eigenvalue weighted by Crippen LogP contribution is -2.39. The molecule has 0 spiro atoms. The zero-order valence-electron chi connectivity index (χ0n) is 15.0. The van der Waals surface area contributed by atoms with Gasteiger partial charge in [0.15, 0.2) is 6.61 Å². The number of carbonyl (C=O) groups is 2. The molecule has 0 bridgehead atoms. The van der Waals surface area contributed by atoms with Crippen molar-refractivity contribution in [2.24, 2.45) is 5.92 Å². The van der Waals surface area contributed by atoms with E-state index in [0.29, 0.717) is 17.7 Å². The molecular weight excluding hydrogens is 318 g/mol. The third kappa shape index (κ3) is 5.11. The lowest BCUT2D eigenvalue weighted by Gasteiger charge is -2.21. The van der Waals surface area contributed by atoms with Gasteiger partial charge in [-0.3, -0.25) is 4.79 Å². The highest BCUT2D eigenvalue weighted by Crippen LogP contribution is 2.20. The molecule has 0 aromatic heterocycles. The summed E-state index contributed by atoms with van der Waals surface area (Å²) < 4.78 is 5.50. The maximum atomic E-state index is 12.3. The number of carbonyl (C=O) groups excluding carboxylic acids is 2. The molecule has 1 aromatic carbocycles. The monoisotopic (exact) mass is 345 g/mol. The first-order valence-electron chi connectivity index (χ1n) is 9.09. The molecule has 0 unspecified atom stereocenters. The number of urea groups is 1. The SMILES string of the molecule is C[C@H]1CCN(C(=O)N[C@H](C)c2ccc(OCC(=O)NC3CC3)cc2)C1. The highest BCUT2D eigenvalue weighted by Gasteiger charge is 2.24. The molecular formula is C19H27N3O3. The van der Waals surface area contributed by atoms with E-state index in [9.17, 15) is 9.59 Å². The second-order valence-electron chi connectivity index (χ2n) is 7.21. The van der Waals surface area contributed by atoms with Gasteiger partial charge in [-0.25, -0.2) is 4.79 Å². The van der Waals surface area contributed by atoms with Gasteiger partial charge in [-0.05, 0) is 49.8 Å². The molecule has 1 aliphatic carbocycles. The number of likely N-dealkylation sites (tertiary alicyclic amines) is 1. The Hall–Kier alpha value is -2.24. The summed E-state index contributed by atoms with van der Waals surface area (Å²) in [5.41, 5.74) is 1.01. The summed E-state index contributed by atoms with van der Waals surface area (Å²) in [6, 6.07) is 7.78. The van der Waals surface area contributed by atoms with Crippen LogP contribution in [0.5, 0.6) is 5.75 Å². The van der Waals surface area contributed by atoms with Crippen molar-refractivity contribution in [3.8, 4) is 5.75 Å². The largest absolute Gasteiger partial charge is 0.484 e. The van der Waals surface area contributed by atoms with E-state index in [4.69, 9.17) is 4.74 Å². The number of rotatable bonds is 6. The highest BCUT2D eigenvalue weighted by atomic mass is 16.5. The van der Waals surface area contributed by atoms with Crippen LogP contribution < -0.4 is 15.4 Å². The highest BCUT2D eigenvalue weighted by molar-refractivity contribution is 5.78. The summed E-state index contributed by atoms with van der Waals surface area (Å²) in [6.45, 7) is 5.83.